The van der Waals surface area contributed by atoms with Gasteiger partial charge in [0.1, 0.15) is 5.69 Å². The number of fused-ring (bicyclic) bond motifs is 1. The lowest BCUT2D eigenvalue weighted by atomic mass is 10.1. The summed E-state index contributed by atoms with van der Waals surface area (Å²) in [5.74, 6) is -0.263. The van der Waals surface area contributed by atoms with Crippen molar-refractivity contribution in [1.29, 1.82) is 0 Å². The lowest BCUT2D eigenvalue weighted by Gasteiger charge is -2.10. The molecule has 2 aromatic heterocycles. The quantitative estimate of drug-likeness (QED) is 0.686. The number of rotatable bonds is 4. The van der Waals surface area contributed by atoms with Crippen molar-refractivity contribution >= 4 is 28.2 Å². The number of nitrogens with one attached hydrogen (secondary N) is 3. The smallest absolute Gasteiger partial charge is 0.274 e. The minimum Gasteiger partial charge on any atom is -0.385 e. The number of carbonyl (C=O) groups excluding carboxylic acids is 1. The van der Waals surface area contributed by atoms with Crippen LogP contribution in [0, 0.1) is 0 Å². The summed E-state index contributed by atoms with van der Waals surface area (Å²) >= 11 is 0. The molecule has 6 heteroatoms. The number of amides is 1. The molecule has 3 rings (SSSR count). The summed E-state index contributed by atoms with van der Waals surface area (Å²) in [6, 6.07) is 9.50. The Labute approximate surface area is 121 Å². The maximum atomic E-state index is 12.3. The number of anilines is 2. The van der Waals surface area contributed by atoms with Crippen LogP contribution in [0.2, 0.25) is 0 Å². The van der Waals surface area contributed by atoms with Gasteiger partial charge in [0, 0.05) is 23.8 Å². The number of hydrogen-bond donors (Lipinski definition) is 3. The minimum atomic E-state index is -0.263. The fourth-order valence-corrected chi connectivity index (χ4v) is 2.14. The van der Waals surface area contributed by atoms with E-state index in [-0.39, 0.29) is 5.91 Å². The van der Waals surface area contributed by atoms with Crippen LogP contribution in [-0.4, -0.2) is 27.6 Å². The molecular weight excluding hydrogens is 266 g/mol. The first-order valence-electron chi connectivity index (χ1n) is 6.71. The summed E-state index contributed by atoms with van der Waals surface area (Å²) in [5, 5.41) is 13.5. The molecule has 1 amide bonds. The standard InChI is InChI=1S/C15H15N5O/c1-2-16-13-7-14(15(21)19-10-8-17-18-9-10)20-12-6-4-3-5-11(12)13/h3-9H,2H2,1H3,(H,16,20)(H,17,18)(H,19,21). The molecule has 0 saturated heterocycles. The van der Waals surface area contributed by atoms with Gasteiger partial charge in [-0.3, -0.25) is 9.89 Å². The molecule has 0 fully saturated rings. The van der Waals surface area contributed by atoms with E-state index < -0.39 is 0 Å². The van der Waals surface area contributed by atoms with Crippen LogP contribution in [0.25, 0.3) is 10.9 Å². The zero-order valence-corrected chi connectivity index (χ0v) is 11.6. The number of nitrogens with zero attached hydrogens (tertiary/aromatic N) is 2. The second-order valence-electron chi connectivity index (χ2n) is 4.54. The Hall–Kier alpha value is -2.89. The molecule has 0 bridgehead atoms. The van der Waals surface area contributed by atoms with Crippen molar-refractivity contribution in [3.05, 3.63) is 48.4 Å². The molecule has 0 aliphatic rings. The van der Waals surface area contributed by atoms with Crippen molar-refractivity contribution in [2.24, 2.45) is 0 Å². The van der Waals surface area contributed by atoms with E-state index in [0.29, 0.717) is 11.4 Å². The Morgan fingerprint density at radius 3 is 2.95 bits per heavy atom. The summed E-state index contributed by atoms with van der Waals surface area (Å²) in [4.78, 5) is 16.7. The van der Waals surface area contributed by atoms with Crippen molar-refractivity contribution < 1.29 is 4.79 Å². The fraction of sp³-hybridized carbons (Fsp3) is 0.133. The average Bonchev–Trinajstić information content (AvgIpc) is 3.00. The van der Waals surface area contributed by atoms with Gasteiger partial charge < -0.3 is 10.6 Å². The van der Waals surface area contributed by atoms with Crippen LogP contribution in [0.1, 0.15) is 17.4 Å². The van der Waals surface area contributed by atoms with Crippen LogP contribution in [-0.2, 0) is 0 Å². The maximum Gasteiger partial charge on any atom is 0.274 e. The molecule has 0 unspecified atom stereocenters. The third-order valence-corrected chi connectivity index (χ3v) is 3.07. The SMILES string of the molecule is CCNc1cc(C(=O)Nc2cn[nH]c2)nc2ccccc12. The van der Waals surface area contributed by atoms with Crippen LogP contribution in [0.5, 0.6) is 0 Å². The Kier molecular flexibility index (Phi) is 3.51. The Balaban J connectivity index is 2.00. The zero-order chi connectivity index (χ0) is 14.7. The molecule has 0 aliphatic carbocycles. The van der Waals surface area contributed by atoms with Crippen molar-refractivity contribution in [3.8, 4) is 0 Å². The summed E-state index contributed by atoms with van der Waals surface area (Å²) in [6.45, 7) is 2.79. The van der Waals surface area contributed by atoms with Crippen LogP contribution in [0.4, 0.5) is 11.4 Å². The Bertz CT molecular complexity index is 767. The van der Waals surface area contributed by atoms with Gasteiger partial charge in [-0.1, -0.05) is 18.2 Å². The first-order valence-corrected chi connectivity index (χ1v) is 6.71. The normalized spacial score (nSPS) is 10.5. The second kappa shape index (κ2) is 5.62. The Morgan fingerprint density at radius 1 is 1.33 bits per heavy atom. The zero-order valence-electron chi connectivity index (χ0n) is 11.6. The number of H-pyrrole nitrogens is 1. The third-order valence-electron chi connectivity index (χ3n) is 3.07. The van der Waals surface area contributed by atoms with Gasteiger partial charge in [-0.15, -0.1) is 0 Å². The molecule has 0 spiro atoms. The fourth-order valence-electron chi connectivity index (χ4n) is 2.14. The van der Waals surface area contributed by atoms with Crippen LogP contribution < -0.4 is 10.6 Å². The molecule has 0 radical (unpaired) electrons. The number of carbonyl (C=O) groups is 1. The van der Waals surface area contributed by atoms with E-state index in [1.165, 1.54) is 0 Å². The lowest BCUT2D eigenvalue weighted by Crippen LogP contribution is -2.14. The number of aromatic nitrogens is 3. The van der Waals surface area contributed by atoms with E-state index in [4.69, 9.17) is 0 Å². The Morgan fingerprint density at radius 2 is 2.19 bits per heavy atom. The topological polar surface area (TPSA) is 82.7 Å². The van der Waals surface area contributed by atoms with E-state index in [1.807, 2.05) is 31.2 Å². The van der Waals surface area contributed by atoms with Gasteiger partial charge in [0.2, 0.25) is 0 Å². The van der Waals surface area contributed by atoms with Gasteiger partial charge >= 0.3 is 0 Å². The molecule has 0 saturated carbocycles. The maximum absolute atomic E-state index is 12.3. The molecule has 2 heterocycles. The lowest BCUT2D eigenvalue weighted by molar-refractivity contribution is 0.102. The van der Waals surface area contributed by atoms with E-state index in [0.717, 1.165) is 23.1 Å². The number of pyridine rings is 1. The first kappa shape index (κ1) is 13.1. The van der Waals surface area contributed by atoms with Crippen LogP contribution >= 0.6 is 0 Å². The van der Waals surface area contributed by atoms with E-state index in [2.05, 4.69) is 25.8 Å². The number of hydrogen-bond acceptors (Lipinski definition) is 4. The van der Waals surface area contributed by atoms with Crippen molar-refractivity contribution in [2.75, 3.05) is 17.2 Å². The van der Waals surface area contributed by atoms with E-state index in [1.54, 1.807) is 18.5 Å². The van der Waals surface area contributed by atoms with Gasteiger partial charge in [-0.25, -0.2) is 4.98 Å². The molecule has 21 heavy (non-hydrogen) atoms. The molecule has 3 N–H and O–H groups in total. The van der Waals surface area contributed by atoms with Crippen molar-refractivity contribution in [1.82, 2.24) is 15.2 Å². The summed E-state index contributed by atoms with van der Waals surface area (Å²) in [7, 11) is 0. The molecule has 0 atom stereocenters. The summed E-state index contributed by atoms with van der Waals surface area (Å²) in [5.41, 5.74) is 2.67. The number of aromatic amines is 1. The molecule has 6 nitrogen and oxygen atoms in total. The molecule has 3 aromatic rings. The van der Waals surface area contributed by atoms with Crippen molar-refractivity contribution in [2.45, 2.75) is 6.92 Å². The van der Waals surface area contributed by atoms with Crippen molar-refractivity contribution in [3.63, 3.8) is 0 Å². The molecule has 0 aliphatic heterocycles. The van der Waals surface area contributed by atoms with E-state index >= 15 is 0 Å². The molecule has 1 aromatic carbocycles. The molecular formula is C15H15N5O. The predicted octanol–water partition coefficient (Wildman–Crippen LogP) is 2.64. The van der Waals surface area contributed by atoms with Crippen LogP contribution in [0.15, 0.2) is 42.7 Å². The largest absolute Gasteiger partial charge is 0.385 e. The highest BCUT2D eigenvalue weighted by molar-refractivity contribution is 6.06. The van der Waals surface area contributed by atoms with Gasteiger partial charge in [-0.2, -0.15) is 5.10 Å². The highest BCUT2D eigenvalue weighted by atomic mass is 16.1. The highest BCUT2D eigenvalue weighted by Crippen LogP contribution is 2.23. The van der Waals surface area contributed by atoms with Gasteiger partial charge in [0.15, 0.2) is 0 Å². The minimum absolute atomic E-state index is 0.263. The predicted molar refractivity (Wildman–Crippen MR) is 82.4 cm³/mol. The van der Waals surface area contributed by atoms with Gasteiger partial charge in [0.25, 0.3) is 5.91 Å². The second-order valence-corrected chi connectivity index (χ2v) is 4.54. The highest BCUT2D eigenvalue weighted by Gasteiger charge is 2.12. The monoisotopic (exact) mass is 281 g/mol. The van der Waals surface area contributed by atoms with Gasteiger partial charge in [0.05, 0.1) is 17.4 Å². The molecule has 106 valence electrons. The van der Waals surface area contributed by atoms with Crippen LogP contribution in [0.3, 0.4) is 0 Å². The van der Waals surface area contributed by atoms with E-state index in [9.17, 15) is 4.79 Å². The number of para-hydroxylation sites is 1. The average molecular weight is 281 g/mol. The summed E-state index contributed by atoms with van der Waals surface area (Å²) in [6.07, 6.45) is 3.16. The van der Waals surface area contributed by atoms with Gasteiger partial charge in [-0.05, 0) is 19.1 Å². The number of benzene rings is 1. The third kappa shape index (κ3) is 2.69. The first-order chi connectivity index (χ1) is 10.3. The summed E-state index contributed by atoms with van der Waals surface area (Å²) < 4.78 is 0.